The molecule has 5 aliphatic rings. The van der Waals surface area contributed by atoms with Gasteiger partial charge in [0.1, 0.15) is 18.1 Å². The zero-order chi connectivity index (χ0) is 26.7. The van der Waals surface area contributed by atoms with Crippen molar-refractivity contribution in [3.05, 3.63) is 12.2 Å². The molecule has 200 valence electrons. The molecule has 9 heteroatoms. The van der Waals surface area contributed by atoms with E-state index >= 15 is 0 Å². The van der Waals surface area contributed by atoms with E-state index in [2.05, 4.69) is 34.2 Å². The van der Waals surface area contributed by atoms with Crippen LogP contribution in [0.25, 0.3) is 0 Å². The Kier molecular flexibility index (Phi) is 6.36. The molecule has 4 amide bonds. The Labute approximate surface area is 218 Å². The lowest BCUT2D eigenvalue weighted by atomic mass is 9.81. The second-order valence-corrected chi connectivity index (χ2v) is 13.2. The van der Waals surface area contributed by atoms with Gasteiger partial charge in [-0.05, 0) is 61.2 Å². The number of rotatable bonds is 7. The van der Waals surface area contributed by atoms with E-state index in [1.165, 1.54) is 0 Å². The van der Waals surface area contributed by atoms with Crippen molar-refractivity contribution in [1.82, 2.24) is 20.9 Å². The molecule has 0 radical (unpaired) electrons. The molecule has 2 heterocycles. The third-order valence-corrected chi connectivity index (χ3v) is 9.44. The van der Waals surface area contributed by atoms with Crippen molar-refractivity contribution in [3.63, 3.8) is 0 Å². The van der Waals surface area contributed by atoms with Crippen LogP contribution in [0.5, 0.6) is 0 Å². The first-order chi connectivity index (χ1) is 17.4. The summed E-state index contributed by atoms with van der Waals surface area (Å²) in [6.07, 6.45) is 7.89. The number of hydrogen-bond donors (Lipinski definition) is 3. The molecule has 3 aliphatic carbocycles. The van der Waals surface area contributed by atoms with Gasteiger partial charge < -0.3 is 20.9 Å². The molecule has 8 unspecified atom stereocenters. The van der Waals surface area contributed by atoms with Gasteiger partial charge in [-0.3, -0.25) is 19.2 Å². The highest BCUT2D eigenvalue weighted by atomic mass is 16.2. The zero-order valence-electron chi connectivity index (χ0n) is 22.3. The Morgan fingerprint density at radius 3 is 2.51 bits per heavy atom. The third kappa shape index (κ3) is 4.64. The molecule has 4 fully saturated rings. The van der Waals surface area contributed by atoms with Gasteiger partial charge in [0.15, 0.2) is 0 Å². The second-order valence-electron chi connectivity index (χ2n) is 13.2. The van der Waals surface area contributed by atoms with Crippen LogP contribution in [-0.2, 0) is 19.2 Å². The number of nitriles is 1. The van der Waals surface area contributed by atoms with Crippen molar-refractivity contribution >= 4 is 23.6 Å². The average Bonchev–Trinajstić information content (AvgIpc) is 3.26. The van der Waals surface area contributed by atoms with Gasteiger partial charge in [-0.2, -0.15) is 5.26 Å². The van der Waals surface area contributed by atoms with E-state index in [0.29, 0.717) is 25.4 Å². The van der Waals surface area contributed by atoms with Gasteiger partial charge >= 0.3 is 0 Å². The molecule has 0 spiro atoms. The predicted octanol–water partition coefficient (Wildman–Crippen LogP) is 1.50. The Bertz CT molecular complexity index is 1070. The van der Waals surface area contributed by atoms with Crippen LogP contribution < -0.4 is 16.0 Å². The van der Waals surface area contributed by atoms with Crippen LogP contribution in [0, 0.1) is 51.8 Å². The van der Waals surface area contributed by atoms with Crippen LogP contribution >= 0.6 is 0 Å². The minimum atomic E-state index is -0.806. The summed E-state index contributed by atoms with van der Waals surface area (Å²) >= 11 is 0. The van der Waals surface area contributed by atoms with E-state index in [4.69, 9.17) is 0 Å². The number of carbonyl (C=O) groups excluding carboxylic acids is 4. The molecule has 2 aliphatic heterocycles. The highest BCUT2D eigenvalue weighted by Crippen LogP contribution is 2.54. The first kappa shape index (κ1) is 25.7. The van der Waals surface area contributed by atoms with E-state index < -0.39 is 29.0 Å². The third-order valence-electron chi connectivity index (χ3n) is 9.44. The summed E-state index contributed by atoms with van der Waals surface area (Å²) in [4.78, 5) is 54.6. The first-order valence-electron chi connectivity index (χ1n) is 13.7. The quantitative estimate of drug-likeness (QED) is 0.448. The Balaban J connectivity index is 1.38. The van der Waals surface area contributed by atoms with Gasteiger partial charge in [-0.1, -0.05) is 39.8 Å². The van der Waals surface area contributed by atoms with E-state index in [1.54, 1.807) is 4.90 Å². The van der Waals surface area contributed by atoms with Gasteiger partial charge in [-0.15, -0.1) is 0 Å². The van der Waals surface area contributed by atoms with Gasteiger partial charge in [0.05, 0.1) is 6.07 Å². The van der Waals surface area contributed by atoms with Gasteiger partial charge in [0.25, 0.3) is 0 Å². The molecule has 37 heavy (non-hydrogen) atoms. The molecular weight excluding hydrogens is 470 g/mol. The smallest absolute Gasteiger partial charge is 0.246 e. The maximum absolute atomic E-state index is 14.1. The first-order valence-corrected chi connectivity index (χ1v) is 13.7. The lowest BCUT2D eigenvalue weighted by Crippen LogP contribution is -2.60. The summed E-state index contributed by atoms with van der Waals surface area (Å²) in [5.41, 5.74) is -0.962. The summed E-state index contributed by atoms with van der Waals surface area (Å²) < 4.78 is 0. The molecule has 0 aromatic heterocycles. The van der Waals surface area contributed by atoms with E-state index in [0.717, 1.165) is 19.3 Å². The largest absolute Gasteiger partial charge is 0.356 e. The zero-order valence-corrected chi connectivity index (χ0v) is 22.3. The topological polar surface area (TPSA) is 131 Å². The van der Waals surface area contributed by atoms with Crippen molar-refractivity contribution in [3.8, 4) is 6.07 Å². The maximum atomic E-state index is 14.1. The Hall–Kier alpha value is -2.89. The predicted molar refractivity (Wildman–Crippen MR) is 135 cm³/mol. The molecular formula is C28H39N5O4. The lowest BCUT2D eigenvalue weighted by molar-refractivity contribution is -0.145. The number of carbonyl (C=O) groups is 4. The number of allylic oxidation sites excluding steroid dienone is 2. The van der Waals surface area contributed by atoms with E-state index in [1.807, 2.05) is 27.7 Å². The molecule has 0 aromatic carbocycles. The van der Waals surface area contributed by atoms with Crippen molar-refractivity contribution in [2.45, 2.75) is 77.9 Å². The number of fused-ring (bicyclic) bond motifs is 5. The summed E-state index contributed by atoms with van der Waals surface area (Å²) in [5, 5.41) is 18.5. The molecule has 5 rings (SSSR count). The average molecular weight is 510 g/mol. The second kappa shape index (κ2) is 9.14. The fourth-order valence-corrected chi connectivity index (χ4v) is 6.87. The lowest BCUT2D eigenvalue weighted by Gasteiger charge is -2.37. The van der Waals surface area contributed by atoms with Crippen molar-refractivity contribution < 1.29 is 19.2 Å². The number of nitrogens with one attached hydrogen (secondary N) is 3. The van der Waals surface area contributed by atoms with Gasteiger partial charge in [0.2, 0.25) is 23.6 Å². The fourth-order valence-electron chi connectivity index (χ4n) is 6.87. The minimum Gasteiger partial charge on any atom is -0.356 e. The molecule has 2 bridgehead atoms. The molecule has 2 saturated carbocycles. The summed E-state index contributed by atoms with van der Waals surface area (Å²) in [5.74, 6) is -0.321. The van der Waals surface area contributed by atoms with Crippen molar-refractivity contribution in [2.75, 3.05) is 13.1 Å². The monoisotopic (exact) mass is 509 g/mol. The molecule has 8 atom stereocenters. The normalized spacial score (nSPS) is 34.4. The Morgan fingerprint density at radius 2 is 1.92 bits per heavy atom. The van der Waals surface area contributed by atoms with E-state index in [-0.39, 0.29) is 53.7 Å². The minimum absolute atomic E-state index is 0.00894. The summed E-state index contributed by atoms with van der Waals surface area (Å²) in [6, 6.07) is -0.117. The number of likely N-dealkylation sites (tertiary alicyclic amines) is 1. The van der Waals surface area contributed by atoms with Crippen LogP contribution in [0.2, 0.25) is 0 Å². The molecule has 0 aromatic rings. The van der Waals surface area contributed by atoms with Crippen molar-refractivity contribution in [2.24, 2.45) is 40.4 Å². The number of nitrogens with zero attached hydrogens (tertiary/aromatic N) is 2. The SMILES string of the molecule is CC1(C(=O)NC(C(=O)N2CC3C4C=CC(C4)C3C2C(=O)NC(C#N)CC2CCNC2=O)C(C)(C)C)CC1. The van der Waals surface area contributed by atoms with E-state index in [9.17, 15) is 24.4 Å². The highest BCUT2D eigenvalue weighted by molar-refractivity contribution is 5.95. The maximum Gasteiger partial charge on any atom is 0.246 e. The van der Waals surface area contributed by atoms with Crippen LogP contribution in [0.4, 0.5) is 0 Å². The number of amides is 4. The number of hydrogen-bond acceptors (Lipinski definition) is 5. The summed E-state index contributed by atoms with van der Waals surface area (Å²) in [6.45, 7) is 8.76. The van der Waals surface area contributed by atoms with Crippen LogP contribution in [-0.4, -0.2) is 59.7 Å². The van der Waals surface area contributed by atoms with Crippen LogP contribution in [0.3, 0.4) is 0 Å². The molecule has 3 N–H and O–H groups in total. The van der Waals surface area contributed by atoms with Gasteiger partial charge in [-0.25, -0.2) is 0 Å². The standard InChI is InChI=1S/C28H39N5O4/c1-27(2,3)22(32-26(37)28(4)8-9-28)25(36)33-14-19-15-5-6-16(11-15)20(19)21(33)24(35)31-18(13-29)12-17-7-10-30-23(17)34/h5-6,15-22H,7-12,14H2,1-4H3,(H,30,34)(H,31,35)(H,32,37). The van der Waals surface area contributed by atoms with Crippen LogP contribution in [0.15, 0.2) is 12.2 Å². The molecule has 2 saturated heterocycles. The van der Waals surface area contributed by atoms with Crippen LogP contribution in [0.1, 0.15) is 59.8 Å². The fraction of sp³-hybridized carbons (Fsp3) is 0.750. The van der Waals surface area contributed by atoms with Crippen molar-refractivity contribution in [1.29, 1.82) is 5.26 Å². The molecule has 9 nitrogen and oxygen atoms in total. The van der Waals surface area contributed by atoms with Gasteiger partial charge in [0, 0.05) is 24.4 Å². The summed E-state index contributed by atoms with van der Waals surface area (Å²) in [7, 11) is 0. The highest BCUT2D eigenvalue weighted by Gasteiger charge is 2.59. The Morgan fingerprint density at radius 1 is 1.22 bits per heavy atom.